The van der Waals surface area contributed by atoms with E-state index in [1.807, 2.05) is 0 Å². The summed E-state index contributed by atoms with van der Waals surface area (Å²) in [7, 11) is 0. The molecule has 1 fully saturated rings. The molecule has 0 aliphatic heterocycles. The zero-order valence-electron chi connectivity index (χ0n) is 7.00. The standard InChI is InChI=1S/C8H12F2N2/c1-3-11-12(4-2)6-7-5-8(7,9)10/h3-4,7H,2,5-6H2,1H3/b11-3-. The summed E-state index contributed by atoms with van der Waals surface area (Å²) in [6.07, 6.45) is 2.99. The van der Waals surface area contributed by atoms with Crippen LogP contribution in [0.25, 0.3) is 0 Å². The molecule has 0 bridgehead atoms. The molecule has 0 radical (unpaired) electrons. The van der Waals surface area contributed by atoms with Crippen LogP contribution in [0.4, 0.5) is 8.78 Å². The van der Waals surface area contributed by atoms with Crippen LogP contribution < -0.4 is 0 Å². The number of hydrogen-bond acceptors (Lipinski definition) is 2. The van der Waals surface area contributed by atoms with Gasteiger partial charge in [0.2, 0.25) is 0 Å². The molecule has 1 atom stereocenters. The highest BCUT2D eigenvalue weighted by atomic mass is 19.3. The van der Waals surface area contributed by atoms with Crippen molar-refractivity contribution in [2.75, 3.05) is 6.54 Å². The van der Waals surface area contributed by atoms with Gasteiger partial charge in [-0.05, 0) is 6.92 Å². The molecule has 1 aliphatic rings. The first kappa shape index (κ1) is 9.16. The minimum Gasteiger partial charge on any atom is -0.273 e. The maximum Gasteiger partial charge on any atom is 0.253 e. The summed E-state index contributed by atoms with van der Waals surface area (Å²) in [6.45, 7) is 5.48. The van der Waals surface area contributed by atoms with Crippen LogP contribution in [0, 0.1) is 5.92 Å². The van der Waals surface area contributed by atoms with Crippen molar-refractivity contribution in [1.82, 2.24) is 5.01 Å². The molecule has 4 heteroatoms. The van der Waals surface area contributed by atoms with Crippen LogP contribution in [0.1, 0.15) is 13.3 Å². The Hall–Kier alpha value is -0.930. The molecule has 1 aliphatic carbocycles. The van der Waals surface area contributed by atoms with E-state index in [9.17, 15) is 8.78 Å². The van der Waals surface area contributed by atoms with Gasteiger partial charge in [-0.1, -0.05) is 6.58 Å². The third-order valence-electron chi connectivity index (χ3n) is 1.84. The smallest absolute Gasteiger partial charge is 0.253 e. The second kappa shape index (κ2) is 3.21. The van der Waals surface area contributed by atoms with Gasteiger partial charge in [0.05, 0.1) is 0 Å². The molecule has 1 unspecified atom stereocenters. The van der Waals surface area contributed by atoms with Gasteiger partial charge in [0.25, 0.3) is 5.92 Å². The predicted molar refractivity (Wildman–Crippen MR) is 44.1 cm³/mol. The van der Waals surface area contributed by atoms with E-state index < -0.39 is 11.8 Å². The molecular formula is C8H12F2N2. The quantitative estimate of drug-likeness (QED) is 0.470. The first-order valence-electron chi connectivity index (χ1n) is 3.85. The molecule has 0 aromatic heterocycles. The van der Waals surface area contributed by atoms with E-state index in [1.54, 1.807) is 13.1 Å². The van der Waals surface area contributed by atoms with E-state index in [1.165, 1.54) is 11.2 Å². The van der Waals surface area contributed by atoms with E-state index in [2.05, 4.69) is 11.7 Å². The minimum atomic E-state index is -2.47. The molecule has 0 heterocycles. The van der Waals surface area contributed by atoms with Crippen LogP contribution in [0.15, 0.2) is 17.9 Å². The summed E-state index contributed by atoms with van der Waals surface area (Å²) < 4.78 is 24.8. The summed E-state index contributed by atoms with van der Waals surface area (Å²) in [6, 6.07) is 0. The Morgan fingerprint density at radius 2 is 2.33 bits per heavy atom. The molecule has 68 valence electrons. The second-order valence-electron chi connectivity index (χ2n) is 2.84. The molecule has 0 aromatic rings. The Labute approximate surface area is 70.6 Å². The zero-order valence-corrected chi connectivity index (χ0v) is 7.00. The maximum atomic E-state index is 12.4. The minimum absolute atomic E-state index is 0.0173. The number of alkyl halides is 2. The van der Waals surface area contributed by atoms with Crippen molar-refractivity contribution in [3.63, 3.8) is 0 Å². The third-order valence-corrected chi connectivity index (χ3v) is 1.84. The lowest BCUT2D eigenvalue weighted by atomic mass is 10.4. The number of rotatable bonds is 4. The summed E-state index contributed by atoms with van der Waals surface area (Å²) in [5.41, 5.74) is 0. The van der Waals surface area contributed by atoms with Gasteiger partial charge in [-0.2, -0.15) is 5.10 Å². The van der Waals surface area contributed by atoms with E-state index in [0.717, 1.165) is 0 Å². The summed E-state index contributed by atoms with van der Waals surface area (Å²) in [5, 5.41) is 5.28. The number of halogens is 2. The molecule has 0 aromatic carbocycles. The average Bonchev–Trinajstić information content (AvgIpc) is 2.58. The largest absolute Gasteiger partial charge is 0.273 e. The van der Waals surface area contributed by atoms with Gasteiger partial charge in [-0.3, -0.25) is 5.01 Å². The predicted octanol–water partition coefficient (Wildman–Crippen LogP) is 2.09. The second-order valence-corrected chi connectivity index (χ2v) is 2.84. The lowest BCUT2D eigenvalue weighted by molar-refractivity contribution is 0.0923. The van der Waals surface area contributed by atoms with Gasteiger partial charge in [0.15, 0.2) is 0 Å². The van der Waals surface area contributed by atoms with Crippen molar-refractivity contribution in [1.29, 1.82) is 0 Å². The molecule has 0 spiro atoms. The number of hydrazone groups is 1. The first-order valence-corrected chi connectivity index (χ1v) is 3.85. The van der Waals surface area contributed by atoms with Crippen LogP contribution in [-0.4, -0.2) is 23.7 Å². The lowest BCUT2D eigenvalue weighted by Crippen LogP contribution is -2.15. The van der Waals surface area contributed by atoms with E-state index in [-0.39, 0.29) is 13.0 Å². The average molecular weight is 174 g/mol. The van der Waals surface area contributed by atoms with Crippen LogP contribution in [0.3, 0.4) is 0 Å². The van der Waals surface area contributed by atoms with Crippen LogP contribution in [-0.2, 0) is 0 Å². The SMILES string of the molecule is C=CN(CC1CC1(F)F)/N=C\C. The van der Waals surface area contributed by atoms with Crippen molar-refractivity contribution < 1.29 is 8.78 Å². The fraction of sp³-hybridized carbons (Fsp3) is 0.625. The van der Waals surface area contributed by atoms with Gasteiger partial charge < -0.3 is 0 Å². The lowest BCUT2D eigenvalue weighted by Gasteiger charge is -2.11. The third kappa shape index (κ3) is 2.03. The van der Waals surface area contributed by atoms with Gasteiger partial charge in [0.1, 0.15) is 0 Å². The van der Waals surface area contributed by atoms with Gasteiger partial charge in [-0.15, -0.1) is 0 Å². The van der Waals surface area contributed by atoms with E-state index in [4.69, 9.17) is 0 Å². The summed E-state index contributed by atoms with van der Waals surface area (Å²) in [4.78, 5) is 0. The summed E-state index contributed by atoms with van der Waals surface area (Å²) >= 11 is 0. The first-order chi connectivity index (χ1) is 5.60. The van der Waals surface area contributed by atoms with Crippen molar-refractivity contribution in [2.24, 2.45) is 11.0 Å². The molecule has 1 saturated carbocycles. The fourth-order valence-electron chi connectivity index (χ4n) is 1.01. The normalized spacial score (nSPS) is 25.8. The fourth-order valence-corrected chi connectivity index (χ4v) is 1.01. The van der Waals surface area contributed by atoms with Crippen LogP contribution in [0.2, 0.25) is 0 Å². The highest BCUT2D eigenvalue weighted by Crippen LogP contribution is 2.48. The van der Waals surface area contributed by atoms with E-state index >= 15 is 0 Å². The monoisotopic (exact) mass is 174 g/mol. The topological polar surface area (TPSA) is 15.6 Å². The number of hydrogen-bond donors (Lipinski definition) is 0. The Kier molecular flexibility index (Phi) is 2.45. The number of nitrogens with zero attached hydrogens (tertiary/aromatic N) is 2. The Morgan fingerprint density at radius 3 is 2.67 bits per heavy atom. The van der Waals surface area contributed by atoms with Crippen molar-refractivity contribution in [3.05, 3.63) is 12.8 Å². The van der Waals surface area contributed by atoms with Crippen LogP contribution in [0.5, 0.6) is 0 Å². The Morgan fingerprint density at radius 1 is 1.75 bits per heavy atom. The molecular weight excluding hydrogens is 162 g/mol. The van der Waals surface area contributed by atoms with Crippen molar-refractivity contribution in [2.45, 2.75) is 19.3 Å². The van der Waals surface area contributed by atoms with Crippen molar-refractivity contribution >= 4 is 6.21 Å². The van der Waals surface area contributed by atoms with E-state index in [0.29, 0.717) is 0 Å². The Bertz CT molecular complexity index is 201. The highest BCUT2D eigenvalue weighted by Gasteiger charge is 2.57. The maximum absolute atomic E-state index is 12.4. The molecule has 0 amide bonds. The highest BCUT2D eigenvalue weighted by molar-refractivity contribution is 5.52. The van der Waals surface area contributed by atoms with Gasteiger partial charge in [0, 0.05) is 31.3 Å². The molecule has 0 N–H and O–H groups in total. The molecule has 12 heavy (non-hydrogen) atoms. The van der Waals surface area contributed by atoms with Crippen LogP contribution >= 0.6 is 0 Å². The Balaban J connectivity index is 2.35. The molecule has 1 rings (SSSR count). The molecule has 0 saturated heterocycles. The van der Waals surface area contributed by atoms with Gasteiger partial charge >= 0.3 is 0 Å². The van der Waals surface area contributed by atoms with Gasteiger partial charge in [-0.25, -0.2) is 8.78 Å². The molecule has 2 nitrogen and oxygen atoms in total. The van der Waals surface area contributed by atoms with Crippen molar-refractivity contribution in [3.8, 4) is 0 Å². The summed E-state index contributed by atoms with van der Waals surface area (Å²) in [5.74, 6) is -3.01. The zero-order chi connectivity index (χ0) is 9.19.